The lowest BCUT2D eigenvalue weighted by atomic mass is 9.93. The van der Waals surface area contributed by atoms with Crippen LogP contribution in [-0.4, -0.2) is 98.9 Å². The molecule has 4 atom stereocenters. The summed E-state index contributed by atoms with van der Waals surface area (Å²) >= 11 is 0. The summed E-state index contributed by atoms with van der Waals surface area (Å²) in [6.45, 7) is 3.90. The summed E-state index contributed by atoms with van der Waals surface area (Å²) in [4.78, 5) is 64.9. The Morgan fingerprint density at radius 3 is 1.97 bits per heavy atom. The number of imidazole rings is 2. The summed E-state index contributed by atoms with van der Waals surface area (Å²) in [7, 11) is 1.25. The van der Waals surface area contributed by atoms with E-state index in [0.29, 0.717) is 68.1 Å². The molecule has 4 aliphatic heterocycles. The third kappa shape index (κ3) is 8.99. The number of amides is 3. The van der Waals surface area contributed by atoms with Crippen LogP contribution in [0, 0.1) is 11.6 Å². The summed E-state index contributed by atoms with van der Waals surface area (Å²) < 4.78 is 36.8. The third-order valence-electron chi connectivity index (χ3n) is 13.7. The van der Waals surface area contributed by atoms with Crippen LogP contribution in [-0.2, 0) is 14.3 Å². The van der Waals surface area contributed by atoms with E-state index in [1.165, 1.54) is 31.9 Å². The van der Waals surface area contributed by atoms with Crippen molar-refractivity contribution < 1.29 is 27.9 Å². The average Bonchev–Trinajstić information content (AvgIpc) is 4.14. The SMILES string of the molecule is COC(=O)NC(C(=O)N1CCCC1c1ncc(-c2cc(F)c(N3CCC(c4cnc(C5CCCCN5C(=O)C(c5ccccc5)N5CCCCC5)[nH]4)CC3)c(F)c2)[nH]1)c1ccccc1. The van der Waals surface area contributed by atoms with Crippen molar-refractivity contribution in [2.45, 2.75) is 94.3 Å². The number of likely N-dealkylation sites (tertiary alicyclic amines) is 3. The molecule has 5 aromatic rings. The van der Waals surface area contributed by atoms with Crippen molar-refractivity contribution in [2.75, 3.05) is 51.3 Å². The monoisotopic (exact) mass is 873 g/mol. The number of H-pyrrole nitrogens is 2. The Morgan fingerprint density at radius 2 is 1.28 bits per heavy atom. The van der Waals surface area contributed by atoms with E-state index in [1.807, 2.05) is 30.5 Å². The Kier molecular flexibility index (Phi) is 13.0. The Bertz CT molecular complexity index is 2370. The number of carbonyl (C=O) groups is 3. The number of nitrogens with one attached hydrogen (secondary N) is 3. The van der Waals surface area contributed by atoms with Crippen LogP contribution < -0.4 is 10.2 Å². The normalized spacial score (nSPS) is 20.8. The molecule has 3 aromatic carbocycles. The Hall–Kier alpha value is -6.09. The molecule has 4 fully saturated rings. The Labute approximate surface area is 372 Å². The molecule has 9 rings (SSSR count). The molecule has 0 radical (unpaired) electrons. The summed E-state index contributed by atoms with van der Waals surface area (Å²) in [5, 5.41) is 2.66. The molecule has 6 heterocycles. The number of ether oxygens (including phenoxy) is 1. The lowest BCUT2D eigenvalue weighted by Crippen LogP contribution is -2.47. The van der Waals surface area contributed by atoms with E-state index in [0.717, 1.165) is 68.7 Å². The molecule has 3 N–H and O–H groups in total. The average molecular weight is 874 g/mol. The number of piperidine rings is 3. The minimum absolute atomic E-state index is 0.0529. The first-order chi connectivity index (χ1) is 31.3. The third-order valence-corrected chi connectivity index (χ3v) is 13.7. The van der Waals surface area contributed by atoms with Gasteiger partial charge in [0.1, 0.15) is 41.1 Å². The highest BCUT2D eigenvalue weighted by Crippen LogP contribution is 2.39. The zero-order valence-electron chi connectivity index (χ0n) is 36.4. The summed E-state index contributed by atoms with van der Waals surface area (Å²) in [6, 6.07) is 20.0. The van der Waals surface area contributed by atoms with E-state index < -0.39 is 29.8 Å². The number of aromatic nitrogens is 4. The zero-order chi connectivity index (χ0) is 44.2. The molecule has 0 aliphatic carbocycles. The van der Waals surface area contributed by atoms with Crippen molar-refractivity contribution in [1.29, 1.82) is 0 Å². The largest absolute Gasteiger partial charge is 0.453 e. The van der Waals surface area contributed by atoms with Crippen molar-refractivity contribution in [3.05, 3.63) is 125 Å². The Balaban J connectivity index is 0.852. The number of aromatic amines is 2. The smallest absolute Gasteiger partial charge is 0.407 e. The van der Waals surface area contributed by atoms with Gasteiger partial charge in [-0.2, -0.15) is 0 Å². The van der Waals surface area contributed by atoms with Crippen LogP contribution in [0.5, 0.6) is 0 Å². The quantitative estimate of drug-likeness (QED) is 0.120. The molecule has 4 aliphatic rings. The van der Waals surface area contributed by atoms with E-state index in [2.05, 4.69) is 42.2 Å². The fraction of sp³-hybridized carbons (Fsp3) is 0.449. The first kappa shape index (κ1) is 43.2. The van der Waals surface area contributed by atoms with Crippen LogP contribution in [0.25, 0.3) is 11.3 Å². The van der Waals surface area contributed by atoms with Gasteiger partial charge in [-0.1, -0.05) is 67.1 Å². The second-order valence-electron chi connectivity index (χ2n) is 17.6. The lowest BCUT2D eigenvalue weighted by Gasteiger charge is -2.41. The van der Waals surface area contributed by atoms with E-state index in [9.17, 15) is 14.4 Å². The first-order valence-corrected chi connectivity index (χ1v) is 22.9. The molecule has 64 heavy (non-hydrogen) atoms. The van der Waals surface area contributed by atoms with Crippen LogP contribution in [0.2, 0.25) is 0 Å². The number of hydrogen-bond donors (Lipinski definition) is 3. The molecule has 4 unspecified atom stereocenters. The van der Waals surface area contributed by atoms with Gasteiger partial charge in [0.05, 0.1) is 31.1 Å². The predicted octanol–water partition coefficient (Wildman–Crippen LogP) is 8.50. The van der Waals surface area contributed by atoms with Gasteiger partial charge in [-0.25, -0.2) is 23.5 Å². The molecule has 0 spiro atoms. The molecular weight excluding hydrogens is 817 g/mol. The maximum Gasteiger partial charge on any atom is 0.407 e. The molecule has 0 bridgehead atoms. The van der Waals surface area contributed by atoms with Crippen LogP contribution in [0.15, 0.2) is 85.2 Å². The predicted molar refractivity (Wildman–Crippen MR) is 238 cm³/mol. The summed E-state index contributed by atoms with van der Waals surface area (Å²) in [5.41, 5.74) is 3.33. The number of anilines is 1. The van der Waals surface area contributed by atoms with Gasteiger partial charge >= 0.3 is 6.09 Å². The van der Waals surface area contributed by atoms with Gasteiger partial charge in [-0.05, 0) is 94.1 Å². The molecule has 2 aromatic heterocycles. The lowest BCUT2D eigenvalue weighted by molar-refractivity contribution is -0.142. The van der Waals surface area contributed by atoms with Crippen LogP contribution >= 0.6 is 0 Å². The number of rotatable bonds is 11. The highest BCUT2D eigenvalue weighted by Gasteiger charge is 2.39. The number of hydrogen-bond acceptors (Lipinski definition) is 8. The number of benzene rings is 3. The number of nitrogens with zero attached hydrogens (tertiary/aromatic N) is 6. The van der Waals surface area contributed by atoms with Crippen molar-refractivity contribution >= 4 is 23.6 Å². The number of halogens is 2. The topological polar surface area (TPSA) is 143 Å². The van der Waals surface area contributed by atoms with Gasteiger partial charge in [0.15, 0.2) is 0 Å². The molecule has 13 nitrogen and oxygen atoms in total. The second-order valence-corrected chi connectivity index (χ2v) is 17.6. The second kappa shape index (κ2) is 19.3. The van der Waals surface area contributed by atoms with Crippen LogP contribution in [0.4, 0.5) is 19.3 Å². The number of methoxy groups -OCH3 is 1. The van der Waals surface area contributed by atoms with Crippen molar-refractivity contribution in [3.8, 4) is 11.3 Å². The fourth-order valence-electron chi connectivity index (χ4n) is 10.4. The van der Waals surface area contributed by atoms with Gasteiger partial charge in [-0.15, -0.1) is 0 Å². The van der Waals surface area contributed by atoms with E-state index >= 15 is 8.78 Å². The minimum atomic E-state index is -0.964. The standard InChI is InChI=1S/C49H57F2N9O4/c1-64-49(63)56-42(33-14-5-2-6-15-33)47(61)59-25-13-19-41(59)46-53-31-39(55-46)35-28-36(50)44(37(51)29-35)58-26-20-32(21-27-58)38-30-52-45(54-38)40-18-9-12-24-60(40)48(62)43(34-16-7-3-8-17-34)57-22-10-4-11-23-57/h2-3,5-8,14-17,28-32,40-43H,4,9-13,18-27H2,1H3,(H,52,54)(H,53,55)(H,56,63). The van der Waals surface area contributed by atoms with Crippen molar-refractivity contribution in [2.24, 2.45) is 0 Å². The van der Waals surface area contributed by atoms with E-state index in [-0.39, 0.29) is 35.5 Å². The molecular formula is C49H57F2N9O4. The maximum absolute atomic E-state index is 16.0. The van der Waals surface area contributed by atoms with Gasteiger partial charge in [-0.3, -0.25) is 14.5 Å². The van der Waals surface area contributed by atoms with E-state index in [1.54, 1.807) is 34.1 Å². The number of alkyl carbamates (subject to hydrolysis) is 1. The summed E-state index contributed by atoms with van der Waals surface area (Å²) in [6.07, 6.45) is 11.6. The van der Waals surface area contributed by atoms with Gasteiger partial charge in [0.25, 0.3) is 5.91 Å². The van der Waals surface area contributed by atoms with Gasteiger partial charge in [0.2, 0.25) is 5.91 Å². The Morgan fingerprint density at radius 1 is 0.688 bits per heavy atom. The van der Waals surface area contributed by atoms with Gasteiger partial charge in [0, 0.05) is 49.6 Å². The molecule has 0 saturated carbocycles. The molecule has 3 amide bonds. The van der Waals surface area contributed by atoms with Crippen LogP contribution in [0.3, 0.4) is 0 Å². The first-order valence-electron chi connectivity index (χ1n) is 22.9. The van der Waals surface area contributed by atoms with Crippen LogP contribution in [0.1, 0.15) is 123 Å². The number of carbonyl (C=O) groups excluding carboxylic acids is 3. The fourth-order valence-corrected chi connectivity index (χ4v) is 10.4. The van der Waals surface area contributed by atoms with E-state index in [4.69, 9.17) is 9.72 Å². The molecule has 336 valence electrons. The van der Waals surface area contributed by atoms with Gasteiger partial charge < -0.3 is 34.7 Å². The highest BCUT2D eigenvalue weighted by atomic mass is 19.1. The minimum Gasteiger partial charge on any atom is -0.453 e. The highest BCUT2D eigenvalue weighted by molar-refractivity contribution is 5.87. The van der Waals surface area contributed by atoms with Crippen molar-refractivity contribution in [3.63, 3.8) is 0 Å². The zero-order valence-corrected chi connectivity index (χ0v) is 36.4. The van der Waals surface area contributed by atoms with Crippen molar-refractivity contribution in [1.82, 2.24) is 40.0 Å². The molecule has 15 heteroatoms. The maximum atomic E-state index is 16.0. The summed E-state index contributed by atoms with van der Waals surface area (Å²) in [5.74, 6) is -0.0505. The molecule has 4 saturated heterocycles.